The van der Waals surface area contributed by atoms with Crippen molar-refractivity contribution in [3.05, 3.63) is 29.8 Å². The Morgan fingerprint density at radius 2 is 1.79 bits per heavy atom. The number of primary amides is 1. The second-order valence-corrected chi connectivity index (χ2v) is 6.13. The molecule has 146 valence electrons. The number of benzene rings is 1. The van der Waals surface area contributed by atoms with Crippen molar-refractivity contribution in [2.24, 2.45) is 17.4 Å². The molecule has 2 rings (SSSR count). The van der Waals surface area contributed by atoms with Crippen LogP contribution in [0.4, 0.5) is 5.69 Å². The lowest BCUT2D eigenvalue weighted by Crippen LogP contribution is -2.62. The molecule has 2 atom stereocenters. The standard InChI is InChI=1S/C18H19N5O5/c1-2-10(9-13(24)25)14(16(21)26)23-8-7-22(17(27)18(23)28)12-5-3-11(4-6-12)15(19)20/h1,3-6,10,14H,7-9H2,(H3,19,20)(H2,21,26)(H,24,25). The van der Waals surface area contributed by atoms with Crippen molar-refractivity contribution in [1.29, 1.82) is 5.41 Å². The first-order valence-corrected chi connectivity index (χ1v) is 8.21. The van der Waals surface area contributed by atoms with Crippen LogP contribution < -0.4 is 16.4 Å². The number of nitrogen functional groups attached to an aromatic ring is 1. The van der Waals surface area contributed by atoms with E-state index in [2.05, 4.69) is 5.92 Å². The van der Waals surface area contributed by atoms with E-state index in [-0.39, 0.29) is 18.9 Å². The zero-order valence-electron chi connectivity index (χ0n) is 14.8. The summed E-state index contributed by atoms with van der Waals surface area (Å²) >= 11 is 0. The number of rotatable bonds is 7. The number of carboxylic acids is 1. The number of nitrogens with two attached hydrogens (primary N) is 2. The molecule has 28 heavy (non-hydrogen) atoms. The molecule has 1 aromatic rings. The van der Waals surface area contributed by atoms with Crippen LogP contribution in [-0.4, -0.2) is 58.7 Å². The molecule has 10 heteroatoms. The summed E-state index contributed by atoms with van der Waals surface area (Å²) in [6.45, 7) is 0.00255. The zero-order valence-corrected chi connectivity index (χ0v) is 14.8. The lowest BCUT2D eigenvalue weighted by atomic mass is 9.94. The third kappa shape index (κ3) is 4.09. The van der Waals surface area contributed by atoms with E-state index in [0.717, 1.165) is 4.90 Å². The Hall–Kier alpha value is -3.87. The molecule has 0 spiro atoms. The van der Waals surface area contributed by atoms with Gasteiger partial charge in [-0.25, -0.2) is 0 Å². The van der Waals surface area contributed by atoms with E-state index in [1.807, 2.05) is 0 Å². The minimum Gasteiger partial charge on any atom is -0.481 e. The summed E-state index contributed by atoms with van der Waals surface area (Å²) in [5.41, 5.74) is 11.6. The third-order valence-corrected chi connectivity index (χ3v) is 4.36. The predicted molar refractivity (Wildman–Crippen MR) is 99.1 cm³/mol. The molecule has 0 aliphatic carbocycles. The molecule has 1 aliphatic heterocycles. The normalized spacial score (nSPS) is 16.2. The van der Waals surface area contributed by atoms with Gasteiger partial charge in [-0.1, -0.05) is 0 Å². The predicted octanol–water partition coefficient (Wildman–Crippen LogP) is -1.28. The lowest BCUT2D eigenvalue weighted by molar-refractivity contribution is -0.151. The smallest absolute Gasteiger partial charge is 0.316 e. The van der Waals surface area contributed by atoms with E-state index in [1.54, 1.807) is 0 Å². The molecule has 6 N–H and O–H groups in total. The second kappa shape index (κ2) is 8.22. The number of aliphatic carboxylic acids is 1. The highest BCUT2D eigenvalue weighted by Gasteiger charge is 2.42. The van der Waals surface area contributed by atoms with Gasteiger partial charge in [-0.2, -0.15) is 0 Å². The molecule has 1 aliphatic rings. The molecule has 1 heterocycles. The highest BCUT2D eigenvalue weighted by Crippen LogP contribution is 2.23. The molecule has 0 saturated carbocycles. The number of carbonyl (C=O) groups is 4. The van der Waals surface area contributed by atoms with E-state index in [0.29, 0.717) is 11.3 Å². The van der Waals surface area contributed by atoms with Gasteiger partial charge in [0.2, 0.25) is 5.91 Å². The minimum absolute atomic E-state index is 0.0512. The topological polar surface area (TPSA) is 171 Å². The maximum absolute atomic E-state index is 12.6. The average molecular weight is 385 g/mol. The molecule has 2 unspecified atom stereocenters. The Labute approximate surface area is 160 Å². The van der Waals surface area contributed by atoms with Crippen LogP contribution in [-0.2, 0) is 19.2 Å². The summed E-state index contributed by atoms with van der Waals surface area (Å²) in [4.78, 5) is 50.2. The zero-order chi connectivity index (χ0) is 21.0. The highest BCUT2D eigenvalue weighted by atomic mass is 16.4. The molecule has 1 saturated heterocycles. The van der Waals surface area contributed by atoms with Gasteiger partial charge in [0.05, 0.1) is 12.3 Å². The summed E-state index contributed by atoms with van der Waals surface area (Å²) in [6, 6.07) is 4.75. The Morgan fingerprint density at radius 1 is 1.18 bits per heavy atom. The molecule has 3 amide bonds. The van der Waals surface area contributed by atoms with E-state index >= 15 is 0 Å². The largest absolute Gasteiger partial charge is 0.481 e. The molecule has 1 fully saturated rings. The molecule has 1 aromatic carbocycles. The summed E-state index contributed by atoms with van der Waals surface area (Å²) in [5.74, 6) is -3.26. The van der Waals surface area contributed by atoms with Gasteiger partial charge in [0, 0.05) is 24.3 Å². The van der Waals surface area contributed by atoms with Crippen LogP contribution in [0.15, 0.2) is 24.3 Å². The molecule has 0 aromatic heterocycles. The number of carbonyl (C=O) groups excluding carboxylic acids is 3. The number of anilines is 1. The Morgan fingerprint density at radius 3 is 2.25 bits per heavy atom. The average Bonchev–Trinajstić information content (AvgIpc) is 2.64. The van der Waals surface area contributed by atoms with Crippen molar-refractivity contribution in [2.45, 2.75) is 12.5 Å². The monoisotopic (exact) mass is 385 g/mol. The number of nitrogens with one attached hydrogen (secondary N) is 1. The summed E-state index contributed by atoms with van der Waals surface area (Å²) in [6.07, 6.45) is 4.75. The fourth-order valence-corrected chi connectivity index (χ4v) is 3.00. The maximum atomic E-state index is 12.6. The Kier molecular flexibility index (Phi) is 6.00. The fraction of sp³-hybridized carbons (Fsp3) is 0.278. The van der Waals surface area contributed by atoms with E-state index < -0.39 is 42.1 Å². The first-order valence-electron chi connectivity index (χ1n) is 8.21. The summed E-state index contributed by atoms with van der Waals surface area (Å²) in [5, 5.41) is 16.3. The maximum Gasteiger partial charge on any atom is 0.316 e. The number of amidine groups is 1. The number of piperazine rings is 1. The van der Waals surface area contributed by atoms with Gasteiger partial charge >= 0.3 is 17.8 Å². The first kappa shape index (κ1) is 20.4. The number of carboxylic acid groups (broad SMARTS) is 1. The Bertz CT molecular complexity index is 873. The highest BCUT2D eigenvalue weighted by molar-refractivity contribution is 6.41. The van der Waals surface area contributed by atoms with E-state index in [1.165, 1.54) is 29.2 Å². The third-order valence-electron chi connectivity index (χ3n) is 4.36. The van der Waals surface area contributed by atoms with Gasteiger partial charge in [-0.05, 0) is 24.3 Å². The van der Waals surface area contributed by atoms with Gasteiger partial charge in [0.25, 0.3) is 0 Å². The number of hydrogen-bond donors (Lipinski definition) is 4. The lowest BCUT2D eigenvalue weighted by Gasteiger charge is -2.38. The molecular weight excluding hydrogens is 366 g/mol. The van der Waals surface area contributed by atoms with Gasteiger partial charge < -0.3 is 26.4 Å². The van der Waals surface area contributed by atoms with Crippen LogP contribution in [0.25, 0.3) is 0 Å². The van der Waals surface area contributed by atoms with Crippen LogP contribution in [0.5, 0.6) is 0 Å². The van der Waals surface area contributed by atoms with Crippen LogP contribution in [0.2, 0.25) is 0 Å². The molecular formula is C18H19N5O5. The van der Waals surface area contributed by atoms with Gasteiger partial charge in [0.15, 0.2) is 0 Å². The molecule has 10 nitrogen and oxygen atoms in total. The van der Waals surface area contributed by atoms with Crippen molar-refractivity contribution in [3.8, 4) is 12.3 Å². The van der Waals surface area contributed by atoms with Crippen LogP contribution in [0.1, 0.15) is 12.0 Å². The molecule has 0 bridgehead atoms. The Balaban J connectivity index is 2.26. The van der Waals surface area contributed by atoms with Gasteiger partial charge in [0.1, 0.15) is 11.9 Å². The quantitative estimate of drug-likeness (QED) is 0.197. The SMILES string of the molecule is C#CC(CC(=O)O)C(C(N)=O)N1CCN(c2ccc(C(=N)N)cc2)C(=O)C1=O. The van der Waals surface area contributed by atoms with Crippen LogP contribution in [0, 0.1) is 23.7 Å². The number of nitrogens with zero attached hydrogens (tertiary/aromatic N) is 2. The van der Waals surface area contributed by atoms with Gasteiger partial charge in [-0.15, -0.1) is 12.3 Å². The van der Waals surface area contributed by atoms with Crippen LogP contribution >= 0.6 is 0 Å². The molecule has 0 radical (unpaired) electrons. The van der Waals surface area contributed by atoms with E-state index in [4.69, 9.17) is 28.4 Å². The van der Waals surface area contributed by atoms with Crippen molar-refractivity contribution in [2.75, 3.05) is 18.0 Å². The van der Waals surface area contributed by atoms with Crippen LogP contribution in [0.3, 0.4) is 0 Å². The van der Waals surface area contributed by atoms with Gasteiger partial charge in [-0.3, -0.25) is 24.6 Å². The van der Waals surface area contributed by atoms with Crippen molar-refractivity contribution < 1.29 is 24.3 Å². The number of amides is 3. The summed E-state index contributed by atoms with van der Waals surface area (Å²) < 4.78 is 0. The van der Waals surface area contributed by atoms with Crippen molar-refractivity contribution in [1.82, 2.24) is 4.90 Å². The first-order chi connectivity index (χ1) is 13.2. The minimum atomic E-state index is -1.40. The number of terminal acetylenes is 1. The second-order valence-electron chi connectivity index (χ2n) is 6.13. The van der Waals surface area contributed by atoms with Crippen molar-refractivity contribution >= 4 is 35.2 Å². The number of hydrogen-bond acceptors (Lipinski definition) is 5. The fourth-order valence-electron chi connectivity index (χ4n) is 3.00. The van der Waals surface area contributed by atoms with E-state index in [9.17, 15) is 19.2 Å². The van der Waals surface area contributed by atoms with Crippen molar-refractivity contribution in [3.63, 3.8) is 0 Å². The summed E-state index contributed by atoms with van der Waals surface area (Å²) in [7, 11) is 0.